The predicted octanol–water partition coefficient (Wildman–Crippen LogP) is 2.59. The summed E-state index contributed by atoms with van der Waals surface area (Å²) in [5.74, 6) is -0.329. The van der Waals surface area contributed by atoms with Gasteiger partial charge in [0.15, 0.2) is 0 Å². The van der Waals surface area contributed by atoms with Gasteiger partial charge in [-0.05, 0) is 24.5 Å². The lowest BCUT2D eigenvalue weighted by Gasteiger charge is -2.20. The lowest BCUT2D eigenvalue weighted by Crippen LogP contribution is -2.30. The molecular formula is C12H12FNO. The molecule has 78 valence electrons. The van der Waals surface area contributed by atoms with Crippen molar-refractivity contribution >= 4 is 11.6 Å². The molecule has 3 heteroatoms. The quantitative estimate of drug-likeness (QED) is 0.693. The number of amides is 1. The van der Waals surface area contributed by atoms with Gasteiger partial charge < -0.3 is 5.32 Å². The number of hydrogen-bond acceptors (Lipinski definition) is 1. The number of halogens is 1. The summed E-state index contributed by atoms with van der Waals surface area (Å²) in [6, 6.07) is 4.96. The molecule has 1 aliphatic carbocycles. The first-order chi connectivity index (χ1) is 7.24. The van der Waals surface area contributed by atoms with Gasteiger partial charge >= 0.3 is 0 Å². The third-order valence-corrected chi connectivity index (χ3v) is 3.66. The second-order valence-electron chi connectivity index (χ2n) is 4.41. The average molecular weight is 205 g/mol. The van der Waals surface area contributed by atoms with Crippen LogP contribution in [0.2, 0.25) is 0 Å². The normalized spacial score (nSPS) is 21.8. The van der Waals surface area contributed by atoms with E-state index in [2.05, 4.69) is 5.32 Å². The van der Waals surface area contributed by atoms with Crippen molar-refractivity contribution < 1.29 is 9.18 Å². The molecule has 3 rings (SSSR count). The fourth-order valence-corrected chi connectivity index (χ4v) is 2.88. The van der Waals surface area contributed by atoms with E-state index < -0.39 is 5.41 Å². The van der Waals surface area contributed by atoms with E-state index in [-0.39, 0.29) is 11.7 Å². The molecule has 1 saturated carbocycles. The Hall–Kier alpha value is -1.38. The van der Waals surface area contributed by atoms with Crippen LogP contribution in [0.5, 0.6) is 0 Å². The minimum absolute atomic E-state index is 0.0138. The summed E-state index contributed by atoms with van der Waals surface area (Å²) in [4.78, 5) is 11.9. The molecule has 0 atom stereocenters. The first kappa shape index (κ1) is 8.89. The van der Waals surface area contributed by atoms with Crippen molar-refractivity contribution in [2.24, 2.45) is 0 Å². The Morgan fingerprint density at radius 3 is 2.73 bits per heavy atom. The van der Waals surface area contributed by atoms with Crippen molar-refractivity contribution in [3.05, 3.63) is 29.6 Å². The number of nitrogens with one attached hydrogen (secondary N) is 1. The molecule has 1 amide bonds. The second-order valence-corrected chi connectivity index (χ2v) is 4.41. The lowest BCUT2D eigenvalue weighted by atomic mass is 9.80. The summed E-state index contributed by atoms with van der Waals surface area (Å²) >= 11 is 0. The number of carbonyl (C=O) groups is 1. The molecular weight excluding hydrogens is 193 g/mol. The van der Waals surface area contributed by atoms with Gasteiger partial charge in [-0.1, -0.05) is 25.0 Å². The molecule has 0 aromatic heterocycles. The summed E-state index contributed by atoms with van der Waals surface area (Å²) in [7, 11) is 0. The topological polar surface area (TPSA) is 29.1 Å². The number of fused-ring (bicyclic) bond motifs is 2. The number of carbonyl (C=O) groups excluding carboxylic acids is 1. The van der Waals surface area contributed by atoms with Crippen LogP contribution < -0.4 is 5.32 Å². The van der Waals surface area contributed by atoms with Gasteiger partial charge in [0.1, 0.15) is 5.82 Å². The van der Waals surface area contributed by atoms with E-state index in [9.17, 15) is 9.18 Å². The minimum Gasteiger partial charge on any atom is -0.323 e. The largest absolute Gasteiger partial charge is 0.323 e. The maximum atomic E-state index is 13.5. The zero-order valence-corrected chi connectivity index (χ0v) is 8.35. The molecule has 2 nitrogen and oxygen atoms in total. The van der Waals surface area contributed by atoms with Crippen LogP contribution in [-0.2, 0) is 10.2 Å². The van der Waals surface area contributed by atoms with E-state index in [1.54, 1.807) is 6.07 Å². The summed E-state index contributed by atoms with van der Waals surface area (Å²) in [6.45, 7) is 0. The molecule has 1 aliphatic heterocycles. The fraction of sp³-hybridized carbons (Fsp3) is 0.417. The summed E-state index contributed by atoms with van der Waals surface area (Å²) in [6.07, 6.45) is 3.83. The Morgan fingerprint density at radius 2 is 2.00 bits per heavy atom. The number of anilines is 1. The Morgan fingerprint density at radius 1 is 1.27 bits per heavy atom. The van der Waals surface area contributed by atoms with Gasteiger partial charge in [0, 0.05) is 0 Å². The molecule has 1 fully saturated rings. The van der Waals surface area contributed by atoms with Crippen molar-refractivity contribution in [3.63, 3.8) is 0 Å². The van der Waals surface area contributed by atoms with Crippen molar-refractivity contribution in [3.8, 4) is 0 Å². The molecule has 2 aliphatic rings. The number of hydrogen-bond donors (Lipinski definition) is 1. The predicted molar refractivity (Wildman–Crippen MR) is 55.2 cm³/mol. The zero-order valence-electron chi connectivity index (χ0n) is 8.35. The van der Waals surface area contributed by atoms with Crippen LogP contribution in [0.3, 0.4) is 0 Å². The number of para-hydroxylation sites is 1. The summed E-state index contributed by atoms with van der Waals surface area (Å²) in [5, 5.41) is 2.68. The minimum atomic E-state index is -0.419. The molecule has 15 heavy (non-hydrogen) atoms. The van der Waals surface area contributed by atoms with Gasteiger partial charge in [-0.3, -0.25) is 4.79 Å². The van der Waals surface area contributed by atoms with Crippen LogP contribution in [-0.4, -0.2) is 5.91 Å². The number of rotatable bonds is 0. The van der Waals surface area contributed by atoms with E-state index in [0.29, 0.717) is 5.69 Å². The molecule has 0 bridgehead atoms. The van der Waals surface area contributed by atoms with Crippen LogP contribution in [0.1, 0.15) is 31.2 Å². The van der Waals surface area contributed by atoms with E-state index in [1.165, 1.54) is 6.07 Å². The van der Waals surface area contributed by atoms with Gasteiger partial charge in [0.05, 0.1) is 11.1 Å². The van der Waals surface area contributed by atoms with Gasteiger partial charge in [-0.15, -0.1) is 0 Å². The first-order valence-electron chi connectivity index (χ1n) is 5.34. The molecule has 1 aromatic carbocycles. The first-order valence-corrected chi connectivity index (χ1v) is 5.34. The monoisotopic (exact) mass is 205 g/mol. The lowest BCUT2D eigenvalue weighted by molar-refractivity contribution is -0.120. The molecule has 0 saturated heterocycles. The van der Waals surface area contributed by atoms with Crippen molar-refractivity contribution in [1.29, 1.82) is 0 Å². The summed E-state index contributed by atoms with van der Waals surface area (Å²) < 4.78 is 13.5. The number of benzene rings is 1. The highest BCUT2D eigenvalue weighted by Gasteiger charge is 2.49. The molecule has 0 unspecified atom stereocenters. The van der Waals surface area contributed by atoms with Crippen LogP contribution >= 0.6 is 0 Å². The van der Waals surface area contributed by atoms with E-state index >= 15 is 0 Å². The SMILES string of the molecule is O=C1Nc2c(F)cccc2C12CCCC2. The maximum Gasteiger partial charge on any atom is 0.235 e. The third kappa shape index (κ3) is 1.01. The Labute approximate surface area is 87.5 Å². The van der Waals surface area contributed by atoms with Crippen LogP contribution in [0.15, 0.2) is 18.2 Å². The van der Waals surface area contributed by atoms with Crippen LogP contribution in [0.25, 0.3) is 0 Å². The third-order valence-electron chi connectivity index (χ3n) is 3.66. The van der Waals surface area contributed by atoms with Crippen molar-refractivity contribution in [1.82, 2.24) is 0 Å². The Balaban J connectivity index is 2.21. The van der Waals surface area contributed by atoms with Gasteiger partial charge in [0.25, 0.3) is 0 Å². The smallest absolute Gasteiger partial charge is 0.235 e. The highest BCUT2D eigenvalue weighted by atomic mass is 19.1. The van der Waals surface area contributed by atoms with E-state index in [4.69, 9.17) is 0 Å². The van der Waals surface area contributed by atoms with Gasteiger partial charge in [-0.25, -0.2) is 4.39 Å². The standard InChI is InChI=1S/C12H12FNO/c13-9-5-3-4-8-10(9)14-11(15)12(8)6-1-2-7-12/h3-5H,1-2,6-7H2,(H,14,15). The fourth-order valence-electron chi connectivity index (χ4n) is 2.88. The van der Waals surface area contributed by atoms with Crippen molar-refractivity contribution in [2.45, 2.75) is 31.1 Å². The Bertz CT molecular complexity index is 435. The summed E-state index contributed by atoms with van der Waals surface area (Å²) in [5.41, 5.74) is 0.853. The molecule has 1 heterocycles. The van der Waals surface area contributed by atoms with Crippen LogP contribution in [0.4, 0.5) is 10.1 Å². The highest BCUT2D eigenvalue weighted by Crippen LogP contribution is 2.49. The van der Waals surface area contributed by atoms with Gasteiger partial charge in [0.2, 0.25) is 5.91 Å². The Kier molecular flexibility index (Phi) is 1.67. The zero-order chi connectivity index (χ0) is 10.5. The highest BCUT2D eigenvalue weighted by molar-refractivity contribution is 6.06. The van der Waals surface area contributed by atoms with E-state index in [0.717, 1.165) is 31.2 Å². The van der Waals surface area contributed by atoms with Crippen LogP contribution in [0, 0.1) is 5.82 Å². The maximum absolute atomic E-state index is 13.5. The second kappa shape index (κ2) is 2.81. The van der Waals surface area contributed by atoms with Gasteiger partial charge in [-0.2, -0.15) is 0 Å². The van der Waals surface area contributed by atoms with E-state index in [1.807, 2.05) is 6.07 Å². The molecule has 0 radical (unpaired) electrons. The van der Waals surface area contributed by atoms with Crippen molar-refractivity contribution in [2.75, 3.05) is 5.32 Å². The average Bonchev–Trinajstić information content (AvgIpc) is 2.79. The molecule has 1 N–H and O–H groups in total. The molecule has 1 aromatic rings. The molecule has 1 spiro atoms.